The van der Waals surface area contributed by atoms with Gasteiger partial charge >= 0.3 is 25.7 Å². The molecule has 30 heavy (non-hydrogen) atoms. The maximum Gasteiger partial charge on any atom is 0.374 e. The molecule has 0 aromatic heterocycles. The van der Waals surface area contributed by atoms with E-state index in [1.54, 1.807) is 57.0 Å². The van der Waals surface area contributed by atoms with Gasteiger partial charge in [-0.1, -0.05) is 22.8 Å². The van der Waals surface area contributed by atoms with Crippen molar-refractivity contribution >= 4 is 51.3 Å². The first-order valence-corrected chi connectivity index (χ1v) is 21.3. The van der Waals surface area contributed by atoms with E-state index in [0.717, 1.165) is 0 Å². The third-order valence-electron chi connectivity index (χ3n) is 4.44. The van der Waals surface area contributed by atoms with Gasteiger partial charge in [0.05, 0.1) is 0 Å². The highest BCUT2D eigenvalue weighted by atomic mass is 32.5. The Balaban J connectivity index is 4.01. The van der Waals surface area contributed by atoms with Gasteiger partial charge in [-0.3, -0.25) is 0 Å². The maximum atomic E-state index is 6.68. The molecule has 0 aromatic carbocycles. The fraction of sp³-hybridized carbons (Fsp3) is 0. The van der Waals surface area contributed by atoms with Gasteiger partial charge in [-0.05, 0) is 34.2 Å². The van der Waals surface area contributed by atoms with Crippen LogP contribution >= 0.6 is 10.7 Å². The molecule has 1 rings (SSSR count). The van der Waals surface area contributed by atoms with Crippen LogP contribution in [0.1, 0.15) is 0 Å². The minimum atomic E-state index is -3.28. The highest BCUT2D eigenvalue weighted by Gasteiger charge is 2.57. The smallest absolute Gasteiger partial charge is 0.374 e. The van der Waals surface area contributed by atoms with Crippen LogP contribution in [-0.2, 0) is 16.5 Å². The van der Waals surface area contributed by atoms with Crippen LogP contribution in [0.3, 0.4) is 0 Å². The average Bonchev–Trinajstić information content (AvgIpc) is 2.81. The standard InChI is InChI=1S/C20H30O4SSi5/c1-11-26(12-2)21-27(13-3,14-4)23-29(17-7,18-8)25-30(19-9,20-10)24-28(15-5,16-6)22-26/h11-20H,1-10H2. The predicted molar refractivity (Wildman–Crippen MR) is 143 cm³/mol. The molecule has 0 amide bonds. The van der Waals surface area contributed by atoms with E-state index in [2.05, 4.69) is 65.8 Å². The summed E-state index contributed by atoms with van der Waals surface area (Å²) >= 11 is 0. The van der Waals surface area contributed by atoms with Crippen LogP contribution in [0.5, 0.6) is 0 Å². The zero-order chi connectivity index (χ0) is 23.1. The Hall–Kier alpha value is -1.33. The molecular weight excluding hydrogens is 477 g/mol. The molecule has 1 aliphatic rings. The lowest BCUT2D eigenvalue weighted by atomic mass is 11.2. The normalized spacial score (nSPS) is 23.3. The van der Waals surface area contributed by atoms with E-state index in [4.69, 9.17) is 16.5 Å². The van der Waals surface area contributed by atoms with Gasteiger partial charge in [-0.15, -0.1) is 76.4 Å². The second-order valence-electron chi connectivity index (χ2n) is 6.16. The van der Waals surface area contributed by atoms with E-state index in [1.165, 1.54) is 10.7 Å². The zero-order valence-corrected chi connectivity index (χ0v) is 23.2. The molecule has 0 bridgehead atoms. The minimum Gasteiger partial charge on any atom is -0.416 e. The van der Waals surface area contributed by atoms with Crippen LogP contribution in [0.25, 0.3) is 0 Å². The number of hydrogen-bond acceptors (Lipinski definition) is 5. The Morgan fingerprint density at radius 1 is 0.367 bits per heavy atom. The van der Waals surface area contributed by atoms with E-state index in [0.29, 0.717) is 0 Å². The quantitative estimate of drug-likeness (QED) is 0.378. The Kier molecular flexibility index (Phi) is 9.19. The first-order valence-electron chi connectivity index (χ1n) is 9.01. The highest BCUT2D eigenvalue weighted by Crippen LogP contribution is 2.42. The van der Waals surface area contributed by atoms with E-state index in [9.17, 15) is 0 Å². The van der Waals surface area contributed by atoms with Gasteiger partial charge in [0.25, 0.3) is 14.9 Å². The van der Waals surface area contributed by atoms with Gasteiger partial charge in [0.1, 0.15) is 0 Å². The van der Waals surface area contributed by atoms with Gasteiger partial charge in [-0.2, -0.15) is 0 Å². The van der Waals surface area contributed by atoms with Crippen molar-refractivity contribution in [2.45, 2.75) is 0 Å². The average molecular weight is 507 g/mol. The van der Waals surface area contributed by atoms with Gasteiger partial charge in [0, 0.05) is 0 Å². The SMILES string of the molecule is C=C[Si]1(C=C)O[Si](C=C)(C=C)O[Si](C=C)(C=C)S[Si](C=C)(C=C)O[Si](C=C)(C=C)O1. The molecule has 0 radical (unpaired) electrons. The molecular formula is C20H30O4SSi5. The van der Waals surface area contributed by atoms with Crippen LogP contribution in [0.2, 0.25) is 0 Å². The number of hydrogen-bond donors (Lipinski definition) is 0. The molecule has 1 aliphatic heterocycles. The zero-order valence-electron chi connectivity index (χ0n) is 17.4. The van der Waals surface area contributed by atoms with Crippen LogP contribution in [0, 0.1) is 0 Å². The van der Waals surface area contributed by atoms with E-state index < -0.39 is 40.6 Å². The van der Waals surface area contributed by atoms with Gasteiger partial charge < -0.3 is 16.5 Å². The summed E-state index contributed by atoms with van der Waals surface area (Å²) in [5.41, 5.74) is 17.0. The third kappa shape index (κ3) is 5.11. The Bertz CT molecular complexity index is 583. The second-order valence-corrected chi connectivity index (χ2v) is 27.2. The fourth-order valence-corrected chi connectivity index (χ4v) is 34.9. The summed E-state index contributed by atoms with van der Waals surface area (Å²) in [5.74, 6) is 0. The Labute approximate surface area is 190 Å². The highest BCUT2D eigenvalue weighted by molar-refractivity contribution is 8.50. The van der Waals surface area contributed by atoms with Crippen LogP contribution < -0.4 is 0 Å². The largest absolute Gasteiger partial charge is 0.416 e. The fourth-order valence-electron chi connectivity index (χ4n) is 2.60. The topological polar surface area (TPSA) is 36.9 Å². The monoisotopic (exact) mass is 506 g/mol. The summed E-state index contributed by atoms with van der Waals surface area (Å²) < 4.78 is 26.5. The molecule has 1 fully saturated rings. The molecule has 0 saturated carbocycles. The number of rotatable bonds is 10. The first kappa shape index (κ1) is 26.7. The van der Waals surface area contributed by atoms with Crippen molar-refractivity contribution in [1.82, 2.24) is 0 Å². The molecule has 0 N–H and O–H groups in total. The van der Waals surface area contributed by atoms with Crippen molar-refractivity contribution in [3.8, 4) is 0 Å². The third-order valence-corrected chi connectivity index (χ3v) is 32.1. The summed E-state index contributed by atoms with van der Waals surface area (Å²) in [6.45, 7) is 39.9. The lowest BCUT2D eigenvalue weighted by molar-refractivity contribution is 0.326. The molecule has 10 heteroatoms. The lowest BCUT2D eigenvalue weighted by Crippen LogP contribution is -2.64. The van der Waals surface area contributed by atoms with E-state index in [1.807, 2.05) is 0 Å². The minimum absolute atomic E-state index is 1.51. The van der Waals surface area contributed by atoms with Gasteiger partial charge in [0.2, 0.25) is 0 Å². The van der Waals surface area contributed by atoms with Crippen molar-refractivity contribution in [3.05, 3.63) is 123 Å². The Morgan fingerprint density at radius 2 is 0.600 bits per heavy atom. The molecule has 160 valence electrons. The predicted octanol–water partition coefficient (Wildman–Crippen LogP) is 5.26. The molecule has 1 saturated heterocycles. The van der Waals surface area contributed by atoms with Crippen molar-refractivity contribution in [2.75, 3.05) is 0 Å². The van der Waals surface area contributed by atoms with Crippen molar-refractivity contribution in [1.29, 1.82) is 0 Å². The van der Waals surface area contributed by atoms with Gasteiger partial charge in [-0.25, -0.2) is 0 Å². The summed E-state index contributed by atoms with van der Waals surface area (Å²) in [6, 6.07) is 0. The van der Waals surface area contributed by atoms with Crippen molar-refractivity contribution in [3.63, 3.8) is 0 Å². The molecule has 0 aliphatic carbocycles. The molecule has 1 heterocycles. The summed E-state index contributed by atoms with van der Waals surface area (Å²) in [6.07, 6.45) is 0. The van der Waals surface area contributed by atoms with Gasteiger partial charge in [0.15, 0.2) is 0 Å². The lowest BCUT2D eigenvalue weighted by Gasteiger charge is -2.46. The van der Waals surface area contributed by atoms with Crippen molar-refractivity contribution < 1.29 is 16.5 Å². The summed E-state index contributed by atoms with van der Waals surface area (Å²) in [5, 5.41) is 0. The molecule has 0 spiro atoms. The van der Waals surface area contributed by atoms with E-state index in [-0.39, 0.29) is 0 Å². The van der Waals surface area contributed by atoms with Crippen LogP contribution in [0.4, 0.5) is 0 Å². The summed E-state index contributed by atoms with van der Waals surface area (Å²) in [7, 11) is -14.1. The maximum absolute atomic E-state index is 6.68. The second kappa shape index (κ2) is 10.3. The van der Waals surface area contributed by atoms with Crippen LogP contribution in [-0.4, -0.2) is 40.6 Å². The molecule has 4 nitrogen and oxygen atoms in total. The van der Waals surface area contributed by atoms with Crippen LogP contribution in [0.15, 0.2) is 123 Å². The van der Waals surface area contributed by atoms with E-state index >= 15 is 0 Å². The first-order chi connectivity index (χ1) is 14.1. The Morgan fingerprint density at radius 3 is 0.800 bits per heavy atom. The molecule has 0 aromatic rings. The summed E-state index contributed by atoms with van der Waals surface area (Å²) in [4.78, 5) is 0. The van der Waals surface area contributed by atoms with Crippen molar-refractivity contribution in [2.24, 2.45) is 0 Å². The molecule has 0 unspecified atom stereocenters. The molecule has 0 atom stereocenters.